The minimum absolute atomic E-state index is 0.178. The zero-order valence-electron chi connectivity index (χ0n) is 13.0. The van der Waals surface area contributed by atoms with Crippen molar-refractivity contribution in [1.82, 2.24) is 4.90 Å². The van der Waals surface area contributed by atoms with Gasteiger partial charge < -0.3 is 5.32 Å². The van der Waals surface area contributed by atoms with Crippen molar-refractivity contribution >= 4 is 39.3 Å². The SMILES string of the molecule is Cc1cc(Br)ccc1NC(=O)CN1C(=O)[C@@H]2CCCC[C@H]2C1=O. The third-order valence-electron chi connectivity index (χ3n) is 4.70. The van der Waals surface area contributed by atoms with E-state index < -0.39 is 0 Å². The summed E-state index contributed by atoms with van der Waals surface area (Å²) < 4.78 is 0.932. The predicted molar refractivity (Wildman–Crippen MR) is 89.7 cm³/mol. The quantitative estimate of drug-likeness (QED) is 0.822. The number of carbonyl (C=O) groups excluding carboxylic acids is 3. The highest BCUT2D eigenvalue weighted by Gasteiger charge is 2.48. The normalized spacial score (nSPS) is 23.8. The summed E-state index contributed by atoms with van der Waals surface area (Å²) in [6.45, 7) is 1.70. The van der Waals surface area contributed by atoms with Gasteiger partial charge in [-0.3, -0.25) is 19.3 Å². The highest BCUT2D eigenvalue weighted by molar-refractivity contribution is 9.10. The van der Waals surface area contributed by atoms with E-state index in [1.165, 1.54) is 0 Å². The molecule has 2 fully saturated rings. The maximum absolute atomic E-state index is 12.4. The molecule has 3 amide bonds. The predicted octanol–water partition coefficient (Wildman–Crippen LogP) is 2.87. The smallest absolute Gasteiger partial charge is 0.244 e. The number of benzene rings is 1. The lowest BCUT2D eigenvalue weighted by Gasteiger charge is -2.19. The number of rotatable bonds is 3. The van der Waals surface area contributed by atoms with Crippen molar-refractivity contribution < 1.29 is 14.4 Å². The molecule has 6 heteroatoms. The average Bonchev–Trinajstić information content (AvgIpc) is 2.76. The Bertz CT molecular complexity index is 650. The number of aryl methyl sites for hydroxylation is 1. The van der Waals surface area contributed by atoms with Gasteiger partial charge in [0.1, 0.15) is 6.54 Å². The molecule has 122 valence electrons. The molecule has 0 aromatic heterocycles. The summed E-state index contributed by atoms with van der Waals surface area (Å²) in [6.07, 6.45) is 3.50. The van der Waals surface area contributed by atoms with E-state index in [0.717, 1.165) is 40.6 Å². The van der Waals surface area contributed by atoms with Crippen molar-refractivity contribution in [2.75, 3.05) is 11.9 Å². The molecule has 1 aromatic carbocycles. The number of imide groups is 1. The molecule has 1 heterocycles. The molecule has 0 radical (unpaired) electrons. The van der Waals surface area contributed by atoms with Gasteiger partial charge in [0, 0.05) is 10.2 Å². The van der Waals surface area contributed by atoms with Gasteiger partial charge in [-0.1, -0.05) is 28.8 Å². The lowest BCUT2D eigenvalue weighted by atomic mass is 9.81. The fourth-order valence-corrected chi connectivity index (χ4v) is 3.96. The van der Waals surface area contributed by atoms with Gasteiger partial charge >= 0.3 is 0 Å². The minimum Gasteiger partial charge on any atom is -0.324 e. The fraction of sp³-hybridized carbons (Fsp3) is 0.471. The van der Waals surface area contributed by atoms with Crippen LogP contribution in [0.3, 0.4) is 0 Å². The average molecular weight is 379 g/mol. The van der Waals surface area contributed by atoms with Crippen LogP contribution in [0.5, 0.6) is 0 Å². The number of amides is 3. The Morgan fingerprint density at radius 3 is 2.39 bits per heavy atom. The van der Waals surface area contributed by atoms with Crippen molar-refractivity contribution in [3.05, 3.63) is 28.2 Å². The second kappa shape index (κ2) is 6.43. The number of fused-ring (bicyclic) bond motifs is 1. The first-order valence-electron chi connectivity index (χ1n) is 7.88. The summed E-state index contributed by atoms with van der Waals surface area (Å²) in [7, 11) is 0. The van der Waals surface area contributed by atoms with E-state index in [-0.39, 0.29) is 36.1 Å². The van der Waals surface area contributed by atoms with E-state index in [1.807, 2.05) is 19.1 Å². The number of hydrogen-bond donors (Lipinski definition) is 1. The van der Waals surface area contributed by atoms with Crippen LogP contribution in [0.4, 0.5) is 5.69 Å². The number of nitrogens with zero attached hydrogens (tertiary/aromatic N) is 1. The van der Waals surface area contributed by atoms with Crippen LogP contribution in [0.25, 0.3) is 0 Å². The van der Waals surface area contributed by atoms with Crippen LogP contribution in [0.2, 0.25) is 0 Å². The molecule has 0 unspecified atom stereocenters. The highest BCUT2D eigenvalue weighted by atomic mass is 79.9. The van der Waals surface area contributed by atoms with Gasteiger partial charge in [-0.15, -0.1) is 0 Å². The standard InChI is InChI=1S/C17H19BrN2O3/c1-10-8-11(18)6-7-14(10)19-15(21)9-20-16(22)12-4-2-3-5-13(12)17(20)23/h6-8,12-13H,2-5,9H2,1H3,(H,19,21)/t12-,13-/m1/s1. The fourth-order valence-electron chi connectivity index (χ4n) is 3.49. The molecule has 1 aliphatic heterocycles. The number of anilines is 1. The molecular formula is C17H19BrN2O3. The first kappa shape index (κ1) is 16.2. The molecule has 1 N–H and O–H groups in total. The third kappa shape index (κ3) is 3.17. The maximum Gasteiger partial charge on any atom is 0.244 e. The van der Waals surface area contributed by atoms with E-state index in [4.69, 9.17) is 0 Å². The molecular weight excluding hydrogens is 360 g/mol. The lowest BCUT2D eigenvalue weighted by molar-refractivity contribution is -0.142. The summed E-state index contributed by atoms with van der Waals surface area (Å²) in [5.41, 5.74) is 1.61. The second-order valence-electron chi connectivity index (χ2n) is 6.27. The van der Waals surface area contributed by atoms with Gasteiger partial charge in [-0.05, 0) is 43.5 Å². The Balaban J connectivity index is 1.68. The molecule has 1 saturated carbocycles. The van der Waals surface area contributed by atoms with E-state index in [2.05, 4.69) is 21.2 Å². The van der Waals surface area contributed by atoms with E-state index >= 15 is 0 Å². The Labute approximate surface area is 143 Å². The van der Waals surface area contributed by atoms with Gasteiger partial charge in [0.15, 0.2) is 0 Å². The van der Waals surface area contributed by atoms with Gasteiger partial charge in [-0.25, -0.2) is 0 Å². The van der Waals surface area contributed by atoms with E-state index in [9.17, 15) is 14.4 Å². The van der Waals surface area contributed by atoms with E-state index in [0.29, 0.717) is 5.69 Å². The summed E-state index contributed by atoms with van der Waals surface area (Å²) in [5, 5.41) is 2.78. The van der Waals surface area contributed by atoms with Gasteiger partial charge in [-0.2, -0.15) is 0 Å². The molecule has 3 rings (SSSR count). The zero-order chi connectivity index (χ0) is 16.6. The topological polar surface area (TPSA) is 66.5 Å². The molecule has 2 aliphatic rings. The third-order valence-corrected chi connectivity index (χ3v) is 5.19. The Hall–Kier alpha value is -1.69. The van der Waals surface area contributed by atoms with Crippen molar-refractivity contribution in [1.29, 1.82) is 0 Å². The van der Waals surface area contributed by atoms with Crippen LogP contribution in [0, 0.1) is 18.8 Å². The minimum atomic E-state index is -0.337. The summed E-state index contributed by atoms with van der Waals surface area (Å²) in [6, 6.07) is 5.53. The van der Waals surface area contributed by atoms with Crippen LogP contribution >= 0.6 is 15.9 Å². The van der Waals surface area contributed by atoms with Crippen molar-refractivity contribution in [2.24, 2.45) is 11.8 Å². The number of likely N-dealkylation sites (tertiary alicyclic amines) is 1. The van der Waals surface area contributed by atoms with Crippen LogP contribution in [-0.2, 0) is 14.4 Å². The Kier molecular flexibility index (Phi) is 4.53. The summed E-state index contributed by atoms with van der Waals surface area (Å²) in [4.78, 5) is 38.1. The number of carbonyl (C=O) groups is 3. The van der Waals surface area contributed by atoms with Crippen molar-refractivity contribution in [3.63, 3.8) is 0 Å². The van der Waals surface area contributed by atoms with Crippen LogP contribution in [0.1, 0.15) is 31.2 Å². The highest BCUT2D eigenvalue weighted by Crippen LogP contribution is 2.37. The first-order valence-corrected chi connectivity index (χ1v) is 8.68. The molecule has 1 aliphatic carbocycles. The number of hydrogen-bond acceptors (Lipinski definition) is 3. The molecule has 5 nitrogen and oxygen atoms in total. The van der Waals surface area contributed by atoms with Crippen LogP contribution in [0.15, 0.2) is 22.7 Å². The van der Waals surface area contributed by atoms with Gasteiger partial charge in [0.25, 0.3) is 0 Å². The molecule has 1 aromatic rings. The van der Waals surface area contributed by atoms with Crippen molar-refractivity contribution in [3.8, 4) is 0 Å². The van der Waals surface area contributed by atoms with Crippen LogP contribution < -0.4 is 5.32 Å². The maximum atomic E-state index is 12.4. The van der Waals surface area contributed by atoms with Crippen LogP contribution in [-0.4, -0.2) is 29.2 Å². The first-order chi connectivity index (χ1) is 11.0. The summed E-state index contributed by atoms with van der Waals surface area (Å²) >= 11 is 3.37. The lowest BCUT2D eigenvalue weighted by Crippen LogP contribution is -2.38. The zero-order valence-corrected chi connectivity index (χ0v) is 14.6. The Morgan fingerprint density at radius 2 is 1.83 bits per heavy atom. The van der Waals surface area contributed by atoms with E-state index in [1.54, 1.807) is 6.07 Å². The van der Waals surface area contributed by atoms with Gasteiger partial charge in [0.05, 0.1) is 11.8 Å². The van der Waals surface area contributed by atoms with Crippen molar-refractivity contribution in [2.45, 2.75) is 32.6 Å². The summed E-state index contributed by atoms with van der Waals surface area (Å²) in [5.74, 6) is -1.11. The molecule has 0 bridgehead atoms. The second-order valence-corrected chi connectivity index (χ2v) is 7.18. The largest absolute Gasteiger partial charge is 0.324 e. The molecule has 1 saturated heterocycles. The molecule has 23 heavy (non-hydrogen) atoms. The molecule has 0 spiro atoms. The molecule has 2 atom stereocenters. The monoisotopic (exact) mass is 378 g/mol. The van der Waals surface area contributed by atoms with Gasteiger partial charge in [0.2, 0.25) is 17.7 Å². The number of halogens is 1. The number of nitrogens with one attached hydrogen (secondary N) is 1. The Morgan fingerprint density at radius 1 is 1.22 bits per heavy atom.